The number of aliphatic carboxylic acids is 1. The van der Waals surface area contributed by atoms with E-state index in [9.17, 15) is 9.59 Å². The molecule has 0 unspecified atom stereocenters. The number of nitrogens with zero attached hydrogens (tertiary/aromatic N) is 1. The summed E-state index contributed by atoms with van der Waals surface area (Å²) in [5.74, 6) is -1.74. The summed E-state index contributed by atoms with van der Waals surface area (Å²) in [6.07, 6.45) is 0. The first kappa shape index (κ1) is 16.7. The average molecular weight is 319 g/mol. The van der Waals surface area contributed by atoms with E-state index in [1.54, 1.807) is 18.2 Å². The van der Waals surface area contributed by atoms with E-state index < -0.39 is 24.6 Å². The molecule has 2 aromatic rings. The molecule has 0 saturated carbocycles. The third kappa shape index (κ3) is 3.41. The number of carbonyl (C=O) groups excluding carboxylic acids is 1. The maximum absolute atomic E-state index is 12.5. The molecule has 2 N–H and O–H groups in total. The number of carboxylic acids is 1. The van der Waals surface area contributed by atoms with Gasteiger partial charge in [0, 0.05) is 12.4 Å². The summed E-state index contributed by atoms with van der Waals surface area (Å²) >= 11 is 0. The minimum Gasteiger partial charge on any atom is -0.496 e. The Morgan fingerprint density at radius 3 is 2.52 bits per heavy atom. The van der Waals surface area contributed by atoms with Crippen molar-refractivity contribution in [3.63, 3.8) is 0 Å². The highest BCUT2D eigenvalue weighted by Crippen LogP contribution is 2.28. The van der Waals surface area contributed by atoms with Gasteiger partial charge in [0.2, 0.25) is 0 Å². The summed E-state index contributed by atoms with van der Waals surface area (Å²) in [5, 5.41) is 20.3. The first-order chi connectivity index (χ1) is 11.0. The van der Waals surface area contributed by atoms with Crippen molar-refractivity contribution >= 4 is 22.7 Å². The summed E-state index contributed by atoms with van der Waals surface area (Å²) in [7, 11) is 2.70. The fraction of sp³-hybridized carbons (Fsp3) is 0.250. The Bertz CT molecular complexity index is 730. The van der Waals surface area contributed by atoms with Crippen LogP contribution >= 0.6 is 0 Å². The molecule has 7 nitrogen and oxygen atoms in total. The number of rotatable bonds is 6. The number of carboxylic acid groups (broad SMARTS) is 1. The Hall–Kier alpha value is -2.64. The van der Waals surface area contributed by atoms with E-state index in [2.05, 4.69) is 0 Å². The Balaban J connectivity index is 2.39. The zero-order chi connectivity index (χ0) is 17.0. The van der Waals surface area contributed by atoms with Crippen LogP contribution in [0.1, 0.15) is 10.4 Å². The number of benzene rings is 2. The summed E-state index contributed by atoms with van der Waals surface area (Å²) in [5.41, 5.74) is 0.194. The van der Waals surface area contributed by atoms with Crippen molar-refractivity contribution < 1.29 is 29.4 Å². The molecule has 0 heterocycles. The molecule has 0 aromatic heterocycles. The zero-order valence-electron chi connectivity index (χ0n) is 12.7. The van der Waals surface area contributed by atoms with Gasteiger partial charge in [0.15, 0.2) is 6.04 Å². The van der Waals surface area contributed by atoms with Gasteiger partial charge in [-0.25, -0.2) is 4.79 Å². The molecular formula is C16H17NO6. The van der Waals surface area contributed by atoms with Crippen molar-refractivity contribution in [2.24, 2.45) is 0 Å². The maximum Gasteiger partial charge on any atom is 0.361 e. The molecule has 2 rings (SSSR count). The van der Waals surface area contributed by atoms with Gasteiger partial charge in [-0.3, -0.25) is 4.79 Å². The lowest BCUT2D eigenvalue weighted by Gasteiger charge is -2.22. The second-order valence-electron chi connectivity index (χ2n) is 4.83. The molecule has 2 aromatic carbocycles. The highest BCUT2D eigenvalue weighted by Gasteiger charge is 2.27. The van der Waals surface area contributed by atoms with E-state index in [4.69, 9.17) is 19.8 Å². The lowest BCUT2D eigenvalue weighted by molar-refractivity contribution is -0.168. The SMILES string of the molecule is COc1ccc2ccccc2c1C(=O)ON(C)[C@@H](CO)C(=O)O. The Morgan fingerprint density at radius 1 is 1.22 bits per heavy atom. The van der Waals surface area contributed by atoms with Gasteiger partial charge < -0.3 is 19.8 Å². The van der Waals surface area contributed by atoms with Crippen LogP contribution in [0.5, 0.6) is 5.75 Å². The average Bonchev–Trinajstić information content (AvgIpc) is 2.53. The van der Waals surface area contributed by atoms with Gasteiger partial charge in [-0.1, -0.05) is 30.3 Å². The second-order valence-corrected chi connectivity index (χ2v) is 4.83. The normalized spacial score (nSPS) is 12.2. The van der Waals surface area contributed by atoms with Crippen LogP contribution in [0.15, 0.2) is 36.4 Å². The van der Waals surface area contributed by atoms with Crippen LogP contribution in [-0.4, -0.2) is 54.0 Å². The van der Waals surface area contributed by atoms with E-state index in [1.807, 2.05) is 18.2 Å². The summed E-state index contributed by atoms with van der Waals surface area (Å²) < 4.78 is 5.21. The number of carbonyl (C=O) groups is 2. The molecule has 1 atom stereocenters. The topological polar surface area (TPSA) is 96.3 Å². The molecule has 0 aliphatic rings. The number of aliphatic hydroxyl groups is 1. The van der Waals surface area contributed by atoms with Crippen LogP contribution < -0.4 is 4.74 Å². The van der Waals surface area contributed by atoms with E-state index >= 15 is 0 Å². The van der Waals surface area contributed by atoms with Crippen molar-refractivity contribution in [3.8, 4) is 5.75 Å². The van der Waals surface area contributed by atoms with Gasteiger partial charge in [0.25, 0.3) is 0 Å². The van der Waals surface area contributed by atoms with E-state index in [1.165, 1.54) is 14.2 Å². The number of aliphatic hydroxyl groups excluding tert-OH is 1. The van der Waals surface area contributed by atoms with Crippen molar-refractivity contribution in [1.82, 2.24) is 5.06 Å². The molecule has 0 saturated heterocycles. The Kier molecular flexibility index (Phi) is 5.15. The van der Waals surface area contributed by atoms with Crippen LogP contribution in [-0.2, 0) is 9.63 Å². The third-order valence-corrected chi connectivity index (χ3v) is 3.44. The molecule has 7 heteroatoms. The quantitative estimate of drug-likeness (QED) is 0.775. The first-order valence-corrected chi connectivity index (χ1v) is 6.84. The van der Waals surface area contributed by atoms with Gasteiger partial charge in [-0.05, 0) is 11.5 Å². The van der Waals surface area contributed by atoms with Gasteiger partial charge in [-0.2, -0.15) is 0 Å². The fourth-order valence-electron chi connectivity index (χ4n) is 2.22. The predicted octanol–water partition coefficient (Wildman–Crippen LogP) is 1.30. The number of ether oxygens (including phenoxy) is 1. The molecule has 0 radical (unpaired) electrons. The molecule has 0 aliphatic heterocycles. The summed E-state index contributed by atoms with van der Waals surface area (Å²) in [6, 6.07) is 9.29. The summed E-state index contributed by atoms with van der Waals surface area (Å²) in [6.45, 7) is -0.689. The molecule has 0 bridgehead atoms. The smallest absolute Gasteiger partial charge is 0.361 e. The second kappa shape index (κ2) is 7.08. The lowest BCUT2D eigenvalue weighted by atomic mass is 10.0. The van der Waals surface area contributed by atoms with Gasteiger partial charge in [-0.15, -0.1) is 5.06 Å². The predicted molar refractivity (Wildman–Crippen MR) is 82.2 cm³/mol. The lowest BCUT2D eigenvalue weighted by Crippen LogP contribution is -2.42. The Labute approximate surface area is 132 Å². The van der Waals surface area contributed by atoms with Crippen molar-refractivity contribution in [2.45, 2.75) is 6.04 Å². The van der Waals surface area contributed by atoms with Crippen molar-refractivity contribution in [2.75, 3.05) is 20.8 Å². The Morgan fingerprint density at radius 2 is 1.91 bits per heavy atom. The molecule has 0 spiro atoms. The minimum absolute atomic E-state index is 0.194. The van der Waals surface area contributed by atoms with Crippen LogP contribution in [0.25, 0.3) is 10.8 Å². The number of hydroxylamine groups is 2. The van der Waals surface area contributed by atoms with E-state index in [0.29, 0.717) is 11.1 Å². The molecule has 23 heavy (non-hydrogen) atoms. The fourth-order valence-corrected chi connectivity index (χ4v) is 2.22. The largest absolute Gasteiger partial charge is 0.496 e. The van der Waals surface area contributed by atoms with Crippen LogP contribution in [0, 0.1) is 0 Å². The third-order valence-electron chi connectivity index (χ3n) is 3.44. The number of likely N-dealkylation sites (N-methyl/N-ethyl adjacent to an activating group) is 1. The van der Waals surface area contributed by atoms with Gasteiger partial charge >= 0.3 is 11.9 Å². The molecule has 122 valence electrons. The maximum atomic E-state index is 12.5. The molecule has 0 amide bonds. The molecular weight excluding hydrogens is 302 g/mol. The molecule has 0 fully saturated rings. The van der Waals surface area contributed by atoms with Gasteiger partial charge in [0.05, 0.1) is 13.7 Å². The van der Waals surface area contributed by atoms with Crippen LogP contribution in [0.2, 0.25) is 0 Å². The van der Waals surface area contributed by atoms with Crippen molar-refractivity contribution in [3.05, 3.63) is 42.0 Å². The number of fused-ring (bicyclic) bond motifs is 1. The number of hydrogen-bond donors (Lipinski definition) is 2. The number of methoxy groups -OCH3 is 1. The highest BCUT2D eigenvalue weighted by atomic mass is 16.7. The monoisotopic (exact) mass is 319 g/mol. The van der Waals surface area contributed by atoms with Gasteiger partial charge in [0.1, 0.15) is 11.3 Å². The van der Waals surface area contributed by atoms with E-state index in [0.717, 1.165) is 10.4 Å². The van der Waals surface area contributed by atoms with E-state index in [-0.39, 0.29) is 5.56 Å². The standard InChI is InChI=1S/C16H17NO6/c1-17(12(9-18)15(19)20)23-16(21)14-11-6-4-3-5-10(11)7-8-13(14)22-2/h3-8,12,18H,9H2,1-2H3,(H,19,20)/t12-/m0/s1. The molecule has 0 aliphatic carbocycles. The highest BCUT2D eigenvalue weighted by molar-refractivity contribution is 6.07. The van der Waals surface area contributed by atoms with Crippen LogP contribution in [0.4, 0.5) is 0 Å². The van der Waals surface area contributed by atoms with Crippen LogP contribution in [0.3, 0.4) is 0 Å². The minimum atomic E-state index is -1.35. The summed E-state index contributed by atoms with van der Waals surface area (Å²) in [4.78, 5) is 28.6. The van der Waals surface area contributed by atoms with Crippen molar-refractivity contribution in [1.29, 1.82) is 0 Å². The number of hydrogen-bond acceptors (Lipinski definition) is 6. The first-order valence-electron chi connectivity index (χ1n) is 6.84. The zero-order valence-corrected chi connectivity index (χ0v) is 12.7.